The second-order valence-electron chi connectivity index (χ2n) is 6.99. The summed E-state index contributed by atoms with van der Waals surface area (Å²) in [6, 6.07) is 2.63. The lowest BCUT2D eigenvalue weighted by Crippen LogP contribution is -2.17. The maximum Gasteiger partial charge on any atom is 0.344 e. The van der Waals surface area contributed by atoms with E-state index in [9.17, 15) is 19.8 Å². The first kappa shape index (κ1) is 21.5. The third-order valence-electron chi connectivity index (χ3n) is 4.57. The van der Waals surface area contributed by atoms with Gasteiger partial charge in [-0.05, 0) is 63.5 Å². The van der Waals surface area contributed by atoms with Crippen LogP contribution in [-0.4, -0.2) is 45.7 Å². The molecule has 28 heavy (non-hydrogen) atoms. The van der Waals surface area contributed by atoms with Gasteiger partial charge in [-0.15, -0.1) is 0 Å². The van der Waals surface area contributed by atoms with Gasteiger partial charge in [-0.2, -0.15) is 0 Å². The number of carboxylic acids is 1. The topological polar surface area (TPSA) is 126 Å². The number of carboxylic acid groups (broad SMARTS) is 1. The molecule has 8 nitrogen and oxygen atoms in total. The minimum absolute atomic E-state index is 0.0942. The molecule has 0 saturated heterocycles. The fraction of sp³-hybridized carbons (Fsp3) is 0.550. The minimum Gasteiger partial charge on any atom is -0.508 e. The van der Waals surface area contributed by atoms with Crippen molar-refractivity contribution in [3.63, 3.8) is 0 Å². The molecule has 3 N–H and O–H groups in total. The Bertz CT molecular complexity index is 730. The summed E-state index contributed by atoms with van der Waals surface area (Å²) in [5, 5.41) is 32.5. The Labute approximate surface area is 163 Å². The Morgan fingerprint density at radius 2 is 1.89 bits per heavy atom. The van der Waals surface area contributed by atoms with Gasteiger partial charge in [0.15, 0.2) is 0 Å². The van der Waals surface area contributed by atoms with Crippen molar-refractivity contribution in [3.05, 3.63) is 23.3 Å². The number of rotatable bonds is 3. The van der Waals surface area contributed by atoms with Gasteiger partial charge in [0.05, 0.1) is 11.8 Å². The molecule has 0 aliphatic carbocycles. The third-order valence-corrected chi connectivity index (χ3v) is 4.57. The number of phenols is 2. The third kappa shape index (κ3) is 6.75. The monoisotopic (exact) mass is 393 g/mol. The number of benzene rings is 1. The van der Waals surface area contributed by atoms with E-state index in [0.717, 1.165) is 31.0 Å². The van der Waals surface area contributed by atoms with Gasteiger partial charge in [0.25, 0.3) is 0 Å². The van der Waals surface area contributed by atoms with Gasteiger partial charge in [0.2, 0.25) is 6.61 Å². The van der Waals surface area contributed by atoms with Crippen molar-refractivity contribution in [2.45, 2.75) is 64.4 Å². The largest absolute Gasteiger partial charge is 0.508 e. The molecule has 0 spiro atoms. The van der Waals surface area contributed by atoms with Crippen LogP contribution in [-0.2, 0) is 20.8 Å². The number of carbonyl (C=O) groups excluding carboxylic acids is 1. The molecule has 1 atom stereocenters. The molecule has 0 bridgehead atoms. The lowest BCUT2D eigenvalue weighted by atomic mass is 9.98. The van der Waals surface area contributed by atoms with E-state index in [1.54, 1.807) is 6.92 Å². The molecule has 1 aromatic rings. The molecule has 2 rings (SSSR count). The SMILES string of the molecule is C[C@H]1CCCC(=NOCC(=O)O)CCCCCc2cc(O)cc(O)c2C(=O)O1. The number of esters is 1. The fourth-order valence-corrected chi connectivity index (χ4v) is 3.21. The first-order valence-corrected chi connectivity index (χ1v) is 9.52. The molecule has 1 aliphatic heterocycles. The maximum absolute atomic E-state index is 12.5. The zero-order valence-electron chi connectivity index (χ0n) is 16.0. The number of hydrogen-bond donors (Lipinski definition) is 3. The van der Waals surface area contributed by atoms with Crippen molar-refractivity contribution in [1.29, 1.82) is 0 Å². The van der Waals surface area contributed by atoms with Crippen LogP contribution in [0.5, 0.6) is 11.5 Å². The van der Waals surface area contributed by atoms with Gasteiger partial charge in [-0.25, -0.2) is 9.59 Å². The van der Waals surface area contributed by atoms with E-state index in [1.807, 2.05) is 0 Å². The number of cyclic esters (lactones) is 1. The van der Waals surface area contributed by atoms with E-state index >= 15 is 0 Å². The van der Waals surface area contributed by atoms with E-state index in [4.69, 9.17) is 14.7 Å². The Balaban J connectivity index is 2.12. The van der Waals surface area contributed by atoms with Gasteiger partial charge in [0.1, 0.15) is 17.1 Å². The molecule has 0 radical (unpaired) electrons. The molecule has 1 aliphatic rings. The van der Waals surface area contributed by atoms with E-state index in [1.165, 1.54) is 6.07 Å². The van der Waals surface area contributed by atoms with Crippen LogP contribution in [0.2, 0.25) is 0 Å². The Morgan fingerprint density at radius 1 is 1.18 bits per heavy atom. The first-order valence-electron chi connectivity index (χ1n) is 9.52. The number of phenolic OH excluding ortho intramolecular Hbond substituents is 2. The maximum atomic E-state index is 12.5. The molecule has 0 unspecified atom stereocenters. The number of aliphatic carboxylic acids is 1. The van der Waals surface area contributed by atoms with Crippen molar-refractivity contribution in [3.8, 4) is 11.5 Å². The number of nitrogens with zero attached hydrogens (tertiary/aromatic N) is 1. The van der Waals surface area contributed by atoms with E-state index in [0.29, 0.717) is 37.7 Å². The second kappa shape index (κ2) is 10.5. The summed E-state index contributed by atoms with van der Waals surface area (Å²) < 4.78 is 5.46. The first-order chi connectivity index (χ1) is 13.4. The smallest absolute Gasteiger partial charge is 0.344 e. The van der Waals surface area contributed by atoms with E-state index in [2.05, 4.69) is 5.16 Å². The van der Waals surface area contributed by atoms with Gasteiger partial charge in [0, 0.05) is 6.07 Å². The summed E-state index contributed by atoms with van der Waals surface area (Å²) in [6.45, 7) is 1.31. The quantitative estimate of drug-likeness (QED) is 0.531. The van der Waals surface area contributed by atoms with Crippen molar-refractivity contribution in [2.24, 2.45) is 5.16 Å². The molecule has 154 valence electrons. The highest BCUT2D eigenvalue weighted by Gasteiger charge is 2.21. The lowest BCUT2D eigenvalue weighted by molar-refractivity contribution is -0.142. The van der Waals surface area contributed by atoms with Crippen molar-refractivity contribution in [2.75, 3.05) is 6.61 Å². The predicted octanol–water partition coefficient (Wildman–Crippen LogP) is 3.39. The Kier molecular flexibility index (Phi) is 8.10. The number of oxime groups is 1. The van der Waals surface area contributed by atoms with Crippen LogP contribution in [0.15, 0.2) is 17.3 Å². The number of ether oxygens (including phenoxy) is 1. The van der Waals surface area contributed by atoms with Crippen LogP contribution in [0.1, 0.15) is 67.8 Å². The molecule has 8 heteroatoms. The van der Waals surface area contributed by atoms with Crippen LogP contribution in [0.4, 0.5) is 0 Å². The average molecular weight is 393 g/mol. The molecule has 0 saturated carbocycles. The molecular formula is C20H27NO7. The van der Waals surface area contributed by atoms with Gasteiger partial charge < -0.3 is 24.9 Å². The zero-order chi connectivity index (χ0) is 20.5. The number of aromatic hydroxyl groups is 2. The van der Waals surface area contributed by atoms with Crippen molar-refractivity contribution < 1.29 is 34.5 Å². The van der Waals surface area contributed by atoms with Gasteiger partial charge >= 0.3 is 11.9 Å². The molecule has 1 aromatic carbocycles. The number of aryl methyl sites for hydroxylation is 1. The Morgan fingerprint density at radius 3 is 2.64 bits per heavy atom. The minimum atomic E-state index is -1.07. The van der Waals surface area contributed by atoms with Crippen LogP contribution < -0.4 is 0 Å². The standard InChI is InChI=1S/C20H27NO7/c1-13-6-5-9-15(21-27-12-18(24)25)8-4-2-3-7-14-10-16(22)11-17(23)19(14)20(26)28-13/h10-11,13,22-23H,2-9,12H2,1H3,(H,24,25)/t13-/m0/s1. The van der Waals surface area contributed by atoms with Gasteiger partial charge in [-0.1, -0.05) is 11.6 Å². The summed E-state index contributed by atoms with van der Waals surface area (Å²) in [7, 11) is 0. The molecule has 0 amide bonds. The fourth-order valence-electron chi connectivity index (χ4n) is 3.21. The summed E-state index contributed by atoms with van der Waals surface area (Å²) in [4.78, 5) is 28.0. The Hall–Kier alpha value is -2.77. The van der Waals surface area contributed by atoms with Crippen LogP contribution >= 0.6 is 0 Å². The van der Waals surface area contributed by atoms with Crippen molar-refractivity contribution in [1.82, 2.24) is 0 Å². The molecular weight excluding hydrogens is 366 g/mol. The summed E-state index contributed by atoms with van der Waals surface area (Å²) in [6.07, 6.45) is 5.23. The normalized spacial score (nSPS) is 20.7. The average Bonchev–Trinajstić information content (AvgIpc) is 2.59. The van der Waals surface area contributed by atoms with E-state index in [-0.39, 0.29) is 23.2 Å². The number of hydrogen-bond acceptors (Lipinski definition) is 7. The summed E-state index contributed by atoms with van der Waals surface area (Å²) in [5.41, 5.74) is 1.48. The van der Waals surface area contributed by atoms with Crippen LogP contribution in [0.25, 0.3) is 0 Å². The highest BCUT2D eigenvalue weighted by Crippen LogP contribution is 2.30. The van der Waals surface area contributed by atoms with Crippen molar-refractivity contribution >= 4 is 17.7 Å². The summed E-state index contributed by atoms with van der Waals surface area (Å²) >= 11 is 0. The van der Waals surface area contributed by atoms with Crippen LogP contribution in [0, 0.1) is 0 Å². The number of carbonyl (C=O) groups is 2. The zero-order valence-corrected chi connectivity index (χ0v) is 16.0. The number of fused-ring (bicyclic) bond motifs is 1. The van der Waals surface area contributed by atoms with Gasteiger partial charge in [-0.3, -0.25) is 0 Å². The predicted molar refractivity (Wildman–Crippen MR) is 102 cm³/mol. The van der Waals surface area contributed by atoms with E-state index < -0.39 is 18.5 Å². The lowest BCUT2D eigenvalue weighted by Gasteiger charge is -2.17. The van der Waals surface area contributed by atoms with Crippen LogP contribution in [0.3, 0.4) is 0 Å². The molecule has 0 aromatic heterocycles. The molecule has 0 fully saturated rings. The molecule has 1 heterocycles. The highest BCUT2D eigenvalue weighted by molar-refractivity contribution is 5.94. The highest BCUT2D eigenvalue weighted by atomic mass is 16.6. The second-order valence-corrected chi connectivity index (χ2v) is 6.99. The summed E-state index contributed by atoms with van der Waals surface area (Å²) in [5.74, 6) is -2.04.